The van der Waals surface area contributed by atoms with Crippen LogP contribution in [0.2, 0.25) is 0 Å². The summed E-state index contributed by atoms with van der Waals surface area (Å²) in [6, 6.07) is 13.8. The molecular weight excluding hydrogens is 348 g/mol. The molecule has 8 N–H and O–H groups in total. The van der Waals surface area contributed by atoms with E-state index in [4.69, 9.17) is 11.5 Å². The van der Waals surface area contributed by atoms with E-state index in [0.717, 1.165) is 5.69 Å². The quantitative estimate of drug-likeness (QED) is 0.255. The minimum atomic E-state index is -2.19. The average molecular weight is 376 g/mol. The molecule has 0 saturated heterocycles. The lowest BCUT2D eigenvalue weighted by molar-refractivity contribution is -0.164. The van der Waals surface area contributed by atoms with E-state index in [1.807, 2.05) is 17.0 Å². The molecule has 0 amide bonds. The van der Waals surface area contributed by atoms with Gasteiger partial charge in [0.1, 0.15) is 0 Å². The Hall–Kier alpha value is -2.52. The van der Waals surface area contributed by atoms with Gasteiger partial charge in [0.25, 0.3) is 0 Å². The highest BCUT2D eigenvalue weighted by atomic mass is 16.5. The smallest absolute Gasteiger partial charge is 0.248 e. The summed E-state index contributed by atoms with van der Waals surface area (Å²) in [5.74, 6) is -2.19. The van der Waals surface area contributed by atoms with Crippen LogP contribution < -0.4 is 21.3 Å². The highest BCUT2D eigenvalue weighted by Crippen LogP contribution is 2.25. The molecule has 0 atom stereocenters. The van der Waals surface area contributed by atoms with Crippen LogP contribution in [-0.4, -0.2) is 59.2 Å². The first kappa shape index (κ1) is 20.8. The van der Waals surface area contributed by atoms with E-state index in [0.29, 0.717) is 23.6 Å². The van der Waals surface area contributed by atoms with Gasteiger partial charge in [-0.05, 0) is 48.5 Å². The largest absolute Gasteiger partial charge is 0.399 e. The standard InChI is InChI=1S/C19H28N4O4/c20-15-1-5-17(6-2-15)22(11-13-24)10-9-19(26,27)23(12-14-25)18-7-3-16(21)4-8-18/h1-8,24-27H,9-14,20-21H2. The van der Waals surface area contributed by atoms with Crippen LogP contribution in [0.15, 0.2) is 48.5 Å². The van der Waals surface area contributed by atoms with E-state index >= 15 is 0 Å². The van der Waals surface area contributed by atoms with Crippen LogP contribution in [0.25, 0.3) is 0 Å². The van der Waals surface area contributed by atoms with E-state index in [1.54, 1.807) is 36.4 Å². The molecule has 0 spiro atoms. The molecule has 0 aromatic heterocycles. The van der Waals surface area contributed by atoms with Gasteiger partial charge in [-0.25, -0.2) is 0 Å². The van der Waals surface area contributed by atoms with Crippen LogP contribution in [0.4, 0.5) is 22.7 Å². The maximum absolute atomic E-state index is 10.7. The van der Waals surface area contributed by atoms with E-state index in [2.05, 4.69) is 0 Å². The molecule has 8 nitrogen and oxygen atoms in total. The summed E-state index contributed by atoms with van der Waals surface area (Å²) in [6.45, 7) is 0.327. The fraction of sp³-hybridized carbons (Fsp3) is 0.368. The zero-order valence-electron chi connectivity index (χ0n) is 15.2. The van der Waals surface area contributed by atoms with Crippen LogP contribution in [-0.2, 0) is 0 Å². The third-order valence-corrected chi connectivity index (χ3v) is 4.31. The molecule has 2 aromatic carbocycles. The number of hydrogen-bond donors (Lipinski definition) is 6. The van der Waals surface area contributed by atoms with Crippen molar-refractivity contribution in [3.63, 3.8) is 0 Å². The molecule has 0 heterocycles. The highest BCUT2D eigenvalue weighted by Gasteiger charge is 2.32. The van der Waals surface area contributed by atoms with Crippen molar-refractivity contribution >= 4 is 22.7 Å². The lowest BCUT2D eigenvalue weighted by Gasteiger charge is -2.38. The number of anilines is 4. The topological polar surface area (TPSA) is 139 Å². The number of nitrogen functional groups attached to an aromatic ring is 2. The number of aliphatic hydroxyl groups excluding tert-OH is 2. The second-order valence-electron chi connectivity index (χ2n) is 6.29. The summed E-state index contributed by atoms with van der Waals surface area (Å²) in [6.07, 6.45) is -0.0399. The van der Waals surface area contributed by atoms with Gasteiger partial charge in [-0.1, -0.05) is 0 Å². The van der Waals surface area contributed by atoms with Gasteiger partial charge in [-0.15, -0.1) is 0 Å². The second-order valence-corrected chi connectivity index (χ2v) is 6.29. The molecule has 8 heteroatoms. The van der Waals surface area contributed by atoms with Gasteiger partial charge in [-0.3, -0.25) is 0 Å². The van der Waals surface area contributed by atoms with Crippen molar-refractivity contribution < 1.29 is 20.4 Å². The molecule has 0 aliphatic heterocycles. The Bertz CT molecular complexity index is 692. The molecule has 0 fully saturated rings. The Balaban J connectivity index is 2.14. The molecule has 0 saturated carbocycles. The third kappa shape index (κ3) is 5.73. The van der Waals surface area contributed by atoms with Crippen LogP contribution >= 0.6 is 0 Å². The Morgan fingerprint density at radius 3 is 1.67 bits per heavy atom. The summed E-state index contributed by atoms with van der Waals surface area (Å²) in [7, 11) is 0. The molecule has 0 radical (unpaired) electrons. The molecule has 27 heavy (non-hydrogen) atoms. The zero-order chi connectivity index (χ0) is 19.9. The number of nitrogens with two attached hydrogens (primary N) is 2. The van der Waals surface area contributed by atoms with Gasteiger partial charge >= 0.3 is 0 Å². The molecule has 2 rings (SSSR count). The van der Waals surface area contributed by atoms with Gasteiger partial charge in [0.2, 0.25) is 5.91 Å². The van der Waals surface area contributed by atoms with Crippen molar-refractivity contribution in [1.82, 2.24) is 0 Å². The summed E-state index contributed by atoms with van der Waals surface area (Å²) < 4.78 is 0. The molecule has 0 aliphatic carbocycles. The lowest BCUT2D eigenvalue weighted by atomic mass is 10.2. The van der Waals surface area contributed by atoms with E-state index in [1.165, 1.54) is 4.90 Å². The normalized spacial score (nSPS) is 11.4. The first-order valence-corrected chi connectivity index (χ1v) is 8.77. The fourth-order valence-electron chi connectivity index (χ4n) is 2.86. The molecule has 0 bridgehead atoms. The Morgan fingerprint density at radius 1 is 0.704 bits per heavy atom. The number of hydrogen-bond acceptors (Lipinski definition) is 8. The number of nitrogens with zero attached hydrogens (tertiary/aromatic N) is 2. The Morgan fingerprint density at radius 2 is 1.19 bits per heavy atom. The predicted octanol–water partition coefficient (Wildman–Crippen LogP) is 0.177. The molecule has 0 unspecified atom stereocenters. The second kappa shape index (κ2) is 9.43. The van der Waals surface area contributed by atoms with Gasteiger partial charge < -0.3 is 41.7 Å². The third-order valence-electron chi connectivity index (χ3n) is 4.31. The van der Waals surface area contributed by atoms with Gasteiger partial charge in [0, 0.05) is 48.8 Å². The maximum Gasteiger partial charge on any atom is 0.248 e. The van der Waals surface area contributed by atoms with Crippen molar-refractivity contribution in [1.29, 1.82) is 0 Å². The number of rotatable bonds is 10. The minimum Gasteiger partial charge on any atom is -0.399 e. The van der Waals surface area contributed by atoms with Gasteiger partial charge in [-0.2, -0.15) is 0 Å². The SMILES string of the molecule is Nc1ccc(N(CCO)CCC(O)(O)N(CCO)c2ccc(N)cc2)cc1. The maximum atomic E-state index is 10.7. The number of aliphatic hydroxyl groups is 4. The van der Waals surface area contributed by atoms with Crippen LogP contribution in [0.3, 0.4) is 0 Å². The van der Waals surface area contributed by atoms with Crippen LogP contribution in [0, 0.1) is 0 Å². The Kier molecular flexibility index (Phi) is 7.26. The molecule has 0 aliphatic rings. The van der Waals surface area contributed by atoms with E-state index in [9.17, 15) is 20.4 Å². The summed E-state index contributed by atoms with van der Waals surface area (Å²) in [4.78, 5) is 3.15. The van der Waals surface area contributed by atoms with Crippen molar-refractivity contribution in [2.45, 2.75) is 12.3 Å². The molecule has 148 valence electrons. The van der Waals surface area contributed by atoms with Crippen molar-refractivity contribution in [3.05, 3.63) is 48.5 Å². The first-order chi connectivity index (χ1) is 12.9. The first-order valence-electron chi connectivity index (χ1n) is 8.77. The molecule has 2 aromatic rings. The van der Waals surface area contributed by atoms with E-state index in [-0.39, 0.29) is 32.7 Å². The molecular formula is C19H28N4O4. The average Bonchev–Trinajstić information content (AvgIpc) is 2.65. The highest BCUT2D eigenvalue weighted by molar-refractivity contribution is 5.55. The zero-order valence-corrected chi connectivity index (χ0v) is 15.2. The Labute approximate surface area is 158 Å². The lowest BCUT2D eigenvalue weighted by Crippen LogP contribution is -2.52. The summed E-state index contributed by atoms with van der Waals surface area (Å²) >= 11 is 0. The van der Waals surface area contributed by atoms with Crippen molar-refractivity contribution in [3.8, 4) is 0 Å². The monoisotopic (exact) mass is 376 g/mol. The number of benzene rings is 2. The van der Waals surface area contributed by atoms with Crippen LogP contribution in [0.1, 0.15) is 6.42 Å². The predicted molar refractivity (Wildman–Crippen MR) is 107 cm³/mol. The fourth-order valence-corrected chi connectivity index (χ4v) is 2.86. The van der Waals surface area contributed by atoms with E-state index < -0.39 is 5.91 Å². The summed E-state index contributed by atoms with van der Waals surface area (Å²) in [5.41, 5.74) is 13.9. The summed E-state index contributed by atoms with van der Waals surface area (Å²) in [5, 5.41) is 40.0. The minimum absolute atomic E-state index is 0.0399. The van der Waals surface area contributed by atoms with Crippen molar-refractivity contribution in [2.75, 3.05) is 54.1 Å². The van der Waals surface area contributed by atoms with Crippen molar-refractivity contribution in [2.24, 2.45) is 0 Å². The van der Waals surface area contributed by atoms with Gasteiger partial charge in [0.15, 0.2) is 0 Å². The van der Waals surface area contributed by atoms with Crippen LogP contribution in [0.5, 0.6) is 0 Å². The van der Waals surface area contributed by atoms with Gasteiger partial charge in [0.05, 0.1) is 13.2 Å².